The van der Waals surface area contributed by atoms with Gasteiger partial charge in [-0.3, -0.25) is 14.4 Å². The molecule has 0 aliphatic heterocycles. The molecule has 4 aliphatic rings. The van der Waals surface area contributed by atoms with E-state index in [1.54, 1.807) is 36.4 Å². The maximum absolute atomic E-state index is 17.4. The molecule has 3 fully saturated rings. The molecule has 8 atom stereocenters. The maximum Gasteiger partial charge on any atom is 0.198 e. The van der Waals surface area contributed by atoms with Crippen molar-refractivity contribution in [1.82, 2.24) is 5.06 Å². The summed E-state index contributed by atoms with van der Waals surface area (Å²) in [5.74, 6) is -2.04. The molecule has 0 bridgehead atoms. The summed E-state index contributed by atoms with van der Waals surface area (Å²) in [6.07, 6.45) is 4.58. The van der Waals surface area contributed by atoms with Crippen LogP contribution >= 0.6 is 11.3 Å². The van der Waals surface area contributed by atoms with Gasteiger partial charge in [0.2, 0.25) is 0 Å². The number of thiophene rings is 1. The molecular formula is C28H35F2NO4S. The largest absolute Gasteiger partial charge is 0.390 e. The van der Waals surface area contributed by atoms with Gasteiger partial charge in [-0.25, -0.2) is 8.78 Å². The fourth-order valence-electron chi connectivity index (χ4n) is 8.37. The normalized spacial score (nSPS) is 43.7. The maximum atomic E-state index is 17.4. The first-order valence-corrected chi connectivity index (χ1v) is 13.6. The number of aliphatic hydroxyl groups excluding tert-OH is 1. The molecule has 0 aromatic carbocycles. The number of rotatable bonds is 6. The molecule has 0 radical (unpaired) electrons. The van der Waals surface area contributed by atoms with Gasteiger partial charge in [0.25, 0.3) is 0 Å². The Morgan fingerprint density at radius 3 is 2.75 bits per heavy atom. The third kappa shape index (κ3) is 3.27. The highest BCUT2D eigenvalue weighted by Gasteiger charge is 2.76. The van der Waals surface area contributed by atoms with Gasteiger partial charge >= 0.3 is 0 Å². The van der Waals surface area contributed by atoms with Crippen LogP contribution in [0.2, 0.25) is 0 Å². The lowest BCUT2D eigenvalue weighted by Crippen LogP contribution is -2.70. The molecule has 5 rings (SSSR count). The minimum atomic E-state index is -2.00. The van der Waals surface area contributed by atoms with Crippen LogP contribution in [0.3, 0.4) is 0 Å². The number of fused-ring (bicyclic) bond motifs is 5. The summed E-state index contributed by atoms with van der Waals surface area (Å²) in [5, 5.41) is 15.1. The van der Waals surface area contributed by atoms with E-state index in [-0.39, 0.29) is 24.0 Å². The number of hydrogen-bond donors (Lipinski definition) is 1. The van der Waals surface area contributed by atoms with E-state index >= 15 is 4.39 Å². The van der Waals surface area contributed by atoms with Gasteiger partial charge in [-0.15, -0.1) is 11.3 Å². The summed E-state index contributed by atoms with van der Waals surface area (Å²) in [6, 6.07) is 3.90. The average Bonchev–Trinajstić information content (AvgIpc) is 3.40. The van der Waals surface area contributed by atoms with Crippen molar-refractivity contribution in [3.63, 3.8) is 0 Å². The molecule has 1 aromatic rings. The minimum absolute atomic E-state index is 0.0295. The Labute approximate surface area is 215 Å². The lowest BCUT2D eigenvalue weighted by atomic mass is 9.44. The van der Waals surface area contributed by atoms with Crippen molar-refractivity contribution < 1.29 is 28.3 Å². The highest BCUT2D eigenvalue weighted by Crippen LogP contribution is 2.71. The van der Waals surface area contributed by atoms with Crippen molar-refractivity contribution in [2.24, 2.45) is 28.6 Å². The van der Waals surface area contributed by atoms with Gasteiger partial charge in [0.15, 0.2) is 29.5 Å². The number of nitrogens with zero attached hydrogens (tertiary/aromatic N) is 1. The molecule has 3 saturated carbocycles. The first-order chi connectivity index (χ1) is 16.9. The second-order valence-electron chi connectivity index (χ2n) is 11.7. The van der Waals surface area contributed by atoms with Crippen LogP contribution in [-0.4, -0.2) is 52.8 Å². The van der Waals surface area contributed by atoms with E-state index in [1.807, 2.05) is 31.4 Å². The molecule has 5 nitrogen and oxygen atoms in total. The highest BCUT2D eigenvalue weighted by atomic mass is 32.1. The zero-order valence-corrected chi connectivity index (χ0v) is 22.1. The van der Waals surface area contributed by atoms with Crippen LogP contribution in [0.4, 0.5) is 8.78 Å². The monoisotopic (exact) mass is 519 g/mol. The Morgan fingerprint density at radius 1 is 1.33 bits per heavy atom. The van der Waals surface area contributed by atoms with Crippen molar-refractivity contribution in [2.75, 3.05) is 13.7 Å². The van der Waals surface area contributed by atoms with Gasteiger partial charge in [0, 0.05) is 28.7 Å². The van der Waals surface area contributed by atoms with Crippen LogP contribution in [0.5, 0.6) is 0 Å². The van der Waals surface area contributed by atoms with E-state index in [1.165, 1.54) is 12.2 Å². The summed E-state index contributed by atoms with van der Waals surface area (Å²) in [5.41, 5.74) is -4.89. The Hall–Kier alpha value is -1.74. The number of carbonyl (C=O) groups is 2. The third-order valence-corrected chi connectivity index (χ3v) is 10.8. The molecule has 0 amide bonds. The van der Waals surface area contributed by atoms with E-state index in [0.717, 1.165) is 4.88 Å². The number of alkyl halides is 2. The molecule has 8 heteroatoms. The van der Waals surface area contributed by atoms with Gasteiger partial charge in [0.05, 0.1) is 12.6 Å². The van der Waals surface area contributed by atoms with Crippen molar-refractivity contribution in [3.8, 4) is 0 Å². The van der Waals surface area contributed by atoms with Crippen molar-refractivity contribution >= 4 is 22.9 Å². The smallest absolute Gasteiger partial charge is 0.198 e. The molecule has 0 unspecified atom stereocenters. The number of allylic oxidation sites excluding steroid dienone is 4. The molecule has 1 N–H and O–H groups in total. The fraction of sp³-hybridized carbons (Fsp3) is 0.643. The number of aliphatic hydroxyl groups is 1. The second-order valence-corrected chi connectivity index (χ2v) is 12.7. The summed E-state index contributed by atoms with van der Waals surface area (Å²) < 4.78 is 31.6. The minimum Gasteiger partial charge on any atom is -0.390 e. The summed E-state index contributed by atoms with van der Waals surface area (Å²) >= 11 is 1.56. The van der Waals surface area contributed by atoms with E-state index < -0.39 is 46.6 Å². The van der Waals surface area contributed by atoms with Crippen molar-refractivity contribution in [1.29, 1.82) is 0 Å². The number of Topliss-reactive ketones (excluding diaryl/α,β-unsaturated/α-hetero) is 1. The van der Waals surface area contributed by atoms with Crippen LogP contribution in [0, 0.1) is 28.6 Å². The number of carbonyl (C=O) groups excluding carboxylic acids is 2. The van der Waals surface area contributed by atoms with E-state index in [9.17, 15) is 19.1 Å². The fourth-order valence-corrected chi connectivity index (χ4v) is 9.11. The Kier molecular flexibility index (Phi) is 6.22. The highest BCUT2D eigenvalue weighted by molar-refractivity contribution is 7.09. The Morgan fingerprint density at radius 2 is 2.08 bits per heavy atom. The first kappa shape index (κ1) is 25.9. The van der Waals surface area contributed by atoms with E-state index in [0.29, 0.717) is 31.4 Å². The lowest BCUT2D eigenvalue weighted by molar-refractivity contribution is -0.293. The van der Waals surface area contributed by atoms with Gasteiger partial charge in [-0.2, -0.15) is 5.06 Å². The molecular weight excluding hydrogens is 484 g/mol. The molecule has 0 saturated heterocycles. The van der Waals surface area contributed by atoms with Crippen LogP contribution in [0.25, 0.3) is 0 Å². The molecule has 1 heterocycles. The quantitative estimate of drug-likeness (QED) is 0.536. The molecule has 0 spiro atoms. The molecule has 1 aromatic heterocycles. The SMILES string of the molecule is C[C@@H]1C[C@H]2[C@@H]3CCC4=CC(=O)C=C[C@]4(C)[C@@]3(F)[C@@H](O)C[C@]2(C)[C@@]1(ON(C)Cc1cccs1)C(=O)CF. The molecule has 4 aliphatic carbocycles. The van der Waals surface area contributed by atoms with E-state index in [4.69, 9.17) is 4.84 Å². The topological polar surface area (TPSA) is 66.8 Å². The van der Waals surface area contributed by atoms with Crippen LogP contribution in [0.15, 0.2) is 41.3 Å². The molecule has 36 heavy (non-hydrogen) atoms. The van der Waals surface area contributed by atoms with Crippen LogP contribution < -0.4 is 0 Å². The van der Waals surface area contributed by atoms with Gasteiger partial charge in [-0.1, -0.05) is 31.6 Å². The average molecular weight is 520 g/mol. The van der Waals surface area contributed by atoms with Crippen molar-refractivity contribution in [2.45, 2.75) is 70.4 Å². The van der Waals surface area contributed by atoms with Gasteiger partial charge < -0.3 is 5.11 Å². The Bertz CT molecular complexity index is 1120. The first-order valence-electron chi connectivity index (χ1n) is 12.8. The summed E-state index contributed by atoms with van der Waals surface area (Å²) in [4.78, 5) is 33.0. The van der Waals surface area contributed by atoms with Crippen molar-refractivity contribution in [3.05, 3.63) is 46.2 Å². The van der Waals surface area contributed by atoms with Crippen LogP contribution in [-0.2, 0) is 21.0 Å². The number of halogens is 2. The zero-order chi connectivity index (χ0) is 26.1. The predicted molar refractivity (Wildman–Crippen MR) is 133 cm³/mol. The van der Waals surface area contributed by atoms with Crippen LogP contribution in [0.1, 0.15) is 51.3 Å². The third-order valence-electron chi connectivity index (χ3n) is 9.98. The summed E-state index contributed by atoms with van der Waals surface area (Å²) in [7, 11) is 1.73. The summed E-state index contributed by atoms with van der Waals surface area (Å²) in [6.45, 7) is 4.78. The second kappa shape index (κ2) is 8.65. The van der Waals surface area contributed by atoms with E-state index in [2.05, 4.69) is 0 Å². The lowest BCUT2D eigenvalue weighted by Gasteiger charge is -2.63. The van der Waals surface area contributed by atoms with Gasteiger partial charge in [0.1, 0.15) is 0 Å². The standard InChI is InChI=1S/C28H35F2NO4S/c1-17-12-22-21-8-7-18-13-19(32)9-10-25(18,2)27(21,30)23(33)14-26(22,3)28(17,24(34)15-29)35-31(4)16-20-6-5-11-36-20/h5-6,9-11,13,17,21-23,33H,7-8,12,14-16H2,1-4H3/t17-,21+,22+,23+,25+,26+,27+,28+/m1/s1. The number of hydrogen-bond acceptors (Lipinski definition) is 6. The Balaban J connectivity index is 1.56. The van der Waals surface area contributed by atoms with Gasteiger partial charge in [-0.05, 0) is 68.0 Å². The number of ketones is 2. The predicted octanol–water partition coefficient (Wildman–Crippen LogP) is 5.01. The zero-order valence-electron chi connectivity index (χ0n) is 21.3. The molecule has 196 valence electrons. The number of hydroxylamine groups is 2.